The molecule has 2 heterocycles. The van der Waals surface area contributed by atoms with Crippen LogP contribution >= 0.6 is 11.6 Å². The highest BCUT2D eigenvalue weighted by Crippen LogP contribution is 2.35. The van der Waals surface area contributed by atoms with Crippen LogP contribution in [0, 0.1) is 0 Å². The van der Waals surface area contributed by atoms with E-state index in [1.807, 2.05) is 0 Å². The van der Waals surface area contributed by atoms with Crippen LogP contribution in [0.15, 0.2) is 36.8 Å². The van der Waals surface area contributed by atoms with E-state index in [-0.39, 0.29) is 16.3 Å². The fraction of sp³-hybridized carbons (Fsp3) is 0.167. The van der Waals surface area contributed by atoms with Gasteiger partial charge in [-0.05, 0) is 12.1 Å². The van der Waals surface area contributed by atoms with Gasteiger partial charge in [0, 0.05) is 29.7 Å². The zero-order chi connectivity index (χ0) is 14.0. The Balaban J connectivity index is 2.44. The first kappa shape index (κ1) is 13.8. The molecule has 0 aromatic carbocycles. The second-order valence-corrected chi connectivity index (χ2v) is 4.16. The molecule has 2 rings (SSSR count). The third-order valence-corrected chi connectivity index (χ3v) is 2.74. The van der Waals surface area contributed by atoms with E-state index in [1.54, 1.807) is 0 Å². The molecule has 0 aliphatic rings. The average Bonchev–Trinajstić information content (AvgIpc) is 2.38. The van der Waals surface area contributed by atoms with Crippen molar-refractivity contribution >= 4 is 11.6 Å². The lowest BCUT2D eigenvalue weighted by atomic mass is 10.00. The normalized spacial score (nSPS) is 13.3. The molecule has 2 aromatic rings. The molecule has 0 amide bonds. The third-order valence-electron chi connectivity index (χ3n) is 2.52. The van der Waals surface area contributed by atoms with Crippen molar-refractivity contribution in [2.45, 2.75) is 12.3 Å². The number of alkyl halides is 3. The van der Waals surface area contributed by atoms with Crippen LogP contribution in [0.25, 0.3) is 0 Å². The molecule has 0 fully saturated rings. The predicted octanol–water partition coefficient (Wildman–Crippen LogP) is 3.23. The first-order valence-electron chi connectivity index (χ1n) is 5.20. The van der Waals surface area contributed by atoms with Crippen molar-refractivity contribution in [2.24, 2.45) is 0 Å². The topological polar surface area (TPSA) is 46.0 Å². The predicted molar refractivity (Wildman–Crippen MR) is 62.5 cm³/mol. The molecule has 0 aliphatic heterocycles. The molecule has 0 bridgehead atoms. The SMILES string of the molecule is OC(c1ccc(Cl)nc1)c1cnccc1C(F)(F)F. The van der Waals surface area contributed by atoms with Gasteiger partial charge in [-0.3, -0.25) is 4.98 Å². The number of halogens is 4. The van der Waals surface area contributed by atoms with Gasteiger partial charge in [-0.15, -0.1) is 0 Å². The Kier molecular flexibility index (Phi) is 3.73. The van der Waals surface area contributed by atoms with Gasteiger partial charge in [0.15, 0.2) is 0 Å². The Hall–Kier alpha value is -1.66. The summed E-state index contributed by atoms with van der Waals surface area (Å²) in [5.74, 6) is 0. The van der Waals surface area contributed by atoms with E-state index in [4.69, 9.17) is 11.6 Å². The van der Waals surface area contributed by atoms with Gasteiger partial charge < -0.3 is 5.11 Å². The molecule has 1 atom stereocenters. The maximum Gasteiger partial charge on any atom is 0.416 e. The van der Waals surface area contributed by atoms with E-state index < -0.39 is 17.8 Å². The van der Waals surface area contributed by atoms with E-state index in [9.17, 15) is 18.3 Å². The van der Waals surface area contributed by atoms with Gasteiger partial charge in [0.2, 0.25) is 0 Å². The number of pyridine rings is 2. The molecule has 0 radical (unpaired) electrons. The monoisotopic (exact) mass is 288 g/mol. The van der Waals surface area contributed by atoms with E-state index in [2.05, 4.69) is 9.97 Å². The van der Waals surface area contributed by atoms with Gasteiger partial charge in [0.05, 0.1) is 5.56 Å². The van der Waals surface area contributed by atoms with E-state index in [1.165, 1.54) is 18.3 Å². The highest BCUT2D eigenvalue weighted by Gasteiger charge is 2.35. The molecule has 0 aliphatic carbocycles. The lowest BCUT2D eigenvalue weighted by Crippen LogP contribution is -2.13. The second-order valence-electron chi connectivity index (χ2n) is 3.78. The summed E-state index contributed by atoms with van der Waals surface area (Å²) in [4.78, 5) is 7.34. The Bertz CT molecular complexity index is 572. The average molecular weight is 289 g/mol. The van der Waals surface area contributed by atoms with E-state index in [0.29, 0.717) is 0 Å². The summed E-state index contributed by atoms with van der Waals surface area (Å²) in [6.45, 7) is 0. The Morgan fingerprint density at radius 3 is 2.47 bits per heavy atom. The minimum absolute atomic E-state index is 0.193. The first-order valence-corrected chi connectivity index (χ1v) is 5.58. The molecule has 0 saturated heterocycles. The van der Waals surface area contributed by atoms with E-state index >= 15 is 0 Å². The lowest BCUT2D eigenvalue weighted by Gasteiger charge is -2.16. The van der Waals surface area contributed by atoms with Crippen LogP contribution in [0.3, 0.4) is 0 Å². The van der Waals surface area contributed by atoms with Crippen LogP contribution in [-0.4, -0.2) is 15.1 Å². The Morgan fingerprint density at radius 1 is 1.16 bits per heavy atom. The van der Waals surface area contributed by atoms with Crippen molar-refractivity contribution in [3.63, 3.8) is 0 Å². The van der Waals surface area contributed by atoms with Gasteiger partial charge in [0.25, 0.3) is 0 Å². The summed E-state index contributed by atoms with van der Waals surface area (Å²) in [5, 5.41) is 10.2. The fourth-order valence-electron chi connectivity index (χ4n) is 1.61. The number of aliphatic hydroxyl groups excluding tert-OH is 1. The molecule has 1 N–H and O–H groups in total. The minimum Gasteiger partial charge on any atom is -0.384 e. The van der Waals surface area contributed by atoms with Crippen LogP contribution in [-0.2, 0) is 6.18 Å². The number of aromatic nitrogens is 2. The quantitative estimate of drug-likeness (QED) is 0.863. The molecular formula is C12H8ClF3N2O. The summed E-state index contributed by atoms with van der Waals surface area (Å²) in [5.41, 5.74) is -1.04. The van der Waals surface area contributed by atoms with Crippen LogP contribution in [0.4, 0.5) is 13.2 Å². The third kappa shape index (κ3) is 3.02. The summed E-state index contributed by atoms with van der Waals surface area (Å²) < 4.78 is 38.4. The van der Waals surface area contributed by atoms with Crippen molar-refractivity contribution in [3.05, 3.63) is 58.6 Å². The minimum atomic E-state index is -4.56. The van der Waals surface area contributed by atoms with E-state index in [0.717, 1.165) is 18.5 Å². The Labute approximate surface area is 111 Å². The van der Waals surface area contributed by atoms with Crippen molar-refractivity contribution < 1.29 is 18.3 Å². The summed E-state index contributed by atoms with van der Waals surface area (Å²) in [6, 6.07) is 3.62. The Morgan fingerprint density at radius 2 is 1.89 bits per heavy atom. The van der Waals surface area contributed by atoms with Crippen molar-refractivity contribution in [1.29, 1.82) is 0 Å². The van der Waals surface area contributed by atoms with Crippen LogP contribution in [0.1, 0.15) is 22.8 Å². The number of hydrogen-bond acceptors (Lipinski definition) is 3. The molecule has 100 valence electrons. The summed E-state index contributed by atoms with van der Waals surface area (Å²) in [7, 11) is 0. The molecule has 0 saturated carbocycles. The fourth-order valence-corrected chi connectivity index (χ4v) is 1.72. The first-order chi connectivity index (χ1) is 8.89. The zero-order valence-corrected chi connectivity index (χ0v) is 10.2. The van der Waals surface area contributed by atoms with Crippen molar-refractivity contribution in [1.82, 2.24) is 9.97 Å². The highest BCUT2D eigenvalue weighted by molar-refractivity contribution is 6.29. The smallest absolute Gasteiger partial charge is 0.384 e. The largest absolute Gasteiger partial charge is 0.416 e. The molecule has 19 heavy (non-hydrogen) atoms. The molecule has 7 heteroatoms. The van der Waals surface area contributed by atoms with Crippen LogP contribution in [0.5, 0.6) is 0 Å². The number of rotatable bonds is 2. The molecule has 1 unspecified atom stereocenters. The number of aliphatic hydroxyl groups is 1. The maximum atomic E-state index is 12.8. The molecule has 3 nitrogen and oxygen atoms in total. The second kappa shape index (κ2) is 5.14. The number of hydrogen-bond donors (Lipinski definition) is 1. The van der Waals surface area contributed by atoms with Crippen LogP contribution in [0.2, 0.25) is 5.15 Å². The van der Waals surface area contributed by atoms with Gasteiger partial charge in [0.1, 0.15) is 11.3 Å². The van der Waals surface area contributed by atoms with Crippen molar-refractivity contribution in [2.75, 3.05) is 0 Å². The summed E-state index contributed by atoms with van der Waals surface area (Å²) in [6.07, 6.45) is -2.78. The molecule has 2 aromatic heterocycles. The standard InChI is InChI=1S/C12H8ClF3N2O/c13-10-2-1-7(5-18-10)11(19)8-6-17-4-3-9(8)12(14,15)16/h1-6,11,19H. The highest BCUT2D eigenvalue weighted by atomic mass is 35.5. The molecular weight excluding hydrogens is 281 g/mol. The zero-order valence-electron chi connectivity index (χ0n) is 9.39. The van der Waals surface area contributed by atoms with Gasteiger partial charge >= 0.3 is 6.18 Å². The molecule has 0 spiro atoms. The summed E-state index contributed by atoms with van der Waals surface area (Å²) >= 11 is 5.58. The maximum absolute atomic E-state index is 12.8. The van der Waals surface area contributed by atoms with Crippen LogP contribution < -0.4 is 0 Å². The van der Waals surface area contributed by atoms with Gasteiger partial charge in [-0.1, -0.05) is 17.7 Å². The number of nitrogens with zero attached hydrogens (tertiary/aromatic N) is 2. The lowest BCUT2D eigenvalue weighted by molar-refractivity contribution is -0.139. The van der Waals surface area contributed by atoms with Crippen molar-refractivity contribution in [3.8, 4) is 0 Å². The van der Waals surface area contributed by atoms with Gasteiger partial charge in [-0.2, -0.15) is 13.2 Å². The van der Waals surface area contributed by atoms with Gasteiger partial charge in [-0.25, -0.2) is 4.98 Å².